The second-order valence-corrected chi connectivity index (χ2v) is 16.0. The first-order valence-corrected chi connectivity index (χ1v) is 21.5. The third kappa shape index (κ3) is 10.3. The fourth-order valence-electron chi connectivity index (χ4n) is 9.10. The Morgan fingerprint density at radius 2 is 0.386 bits per heavy atom. The summed E-state index contributed by atoms with van der Waals surface area (Å²) in [5.41, 5.74) is 3.52. The monoisotopic (exact) mass is 1020 g/mol. The van der Waals surface area contributed by atoms with Crippen LogP contribution in [0.1, 0.15) is 0 Å². The summed E-state index contributed by atoms with van der Waals surface area (Å²) >= 11 is 0. The Kier molecular flexibility index (Phi) is 17.9. The molecular weight excluding hydrogens is 978 g/mol. The van der Waals surface area contributed by atoms with Gasteiger partial charge < -0.3 is 30.6 Å². The van der Waals surface area contributed by atoms with Gasteiger partial charge in [-0.2, -0.15) is 0 Å². The van der Waals surface area contributed by atoms with Gasteiger partial charge in [0.05, 0.1) is 0 Å². The topological polar surface area (TPSA) is 130 Å². The molecule has 12 aromatic carbocycles. The summed E-state index contributed by atoms with van der Waals surface area (Å²) < 4.78 is 0. The van der Waals surface area contributed by atoms with Crippen LogP contribution in [0.4, 0.5) is 0 Å². The van der Waals surface area contributed by atoms with Gasteiger partial charge in [0, 0.05) is 58.0 Å². The number of benzene rings is 12. The average Bonchev–Trinajstić information content (AvgIpc) is 3.35. The molecule has 0 aliphatic heterocycles. The van der Waals surface area contributed by atoms with Crippen molar-refractivity contribution in [1.29, 1.82) is 0 Å². The minimum absolute atomic E-state index is 0. The van der Waals surface area contributed by atoms with Crippen LogP contribution in [-0.4, -0.2) is 15.3 Å². The molecule has 0 aliphatic carbocycles. The largest absolute Gasteiger partial charge is 1.00 e. The molecule has 0 heterocycles. The minimum atomic E-state index is -0.0784. The third-order valence-corrected chi connectivity index (χ3v) is 12.1. The molecule has 10 heteroatoms. The molecule has 1 radical (unpaired) electrons. The van der Waals surface area contributed by atoms with E-state index in [9.17, 15) is 30.6 Å². The zero-order valence-electron chi connectivity index (χ0n) is 38.9. The average molecular weight is 1020 g/mol. The standard InChI is InChI=1S/3C20H14O2.3Li.Pr/c3*21-17-11-9-13-5-1-3-7-15(13)19(17)20-16-8-4-2-6-14(16)10-12-18(20)22;;;;/h3*1-12,21-22H;;;;/q;;;3*+1;/p-3. The zero-order chi connectivity index (χ0) is 45.3. The normalized spacial score (nSPS) is 10.5. The van der Waals surface area contributed by atoms with E-state index in [0.29, 0.717) is 33.4 Å². The van der Waals surface area contributed by atoms with Crippen LogP contribution in [0.15, 0.2) is 218 Å². The maximum atomic E-state index is 12.5. The Hall–Kier alpha value is -5.84. The van der Waals surface area contributed by atoms with Crippen LogP contribution < -0.4 is 71.9 Å². The summed E-state index contributed by atoms with van der Waals surface area (Å²) in [6.07, 6.45) is 0. The van der Waals surface area contributed by atoms with Crippen LogP contribution in [0.2, 0.25) is 0 Å². The molecule has 3 N–H and O–H groups in total. The van der Waals surface area contributed by atoms with Crippen molar-refractivity contribution in [2.75, 3.05) is 0 Å². The molecule has 70 heavy (non-hydrogen) atoms. The third-order valence-electron chi connectivity index (χ3n) is 12.1. The van der Waals surface area contributed by atoms with Crippen LogP contribution in [0.3, 0.4) is 0 Å². The minimum Gasteiger partial charge on any atom is -0.872 e. The smallest absolute Gasteiger partial charge is 0.872 e. The molecule has 6 nitrogen and oxygen atoms in total. The fraction of sp³-hybridized carbons (Fsp3) is 0. The molecule has 0 unspecified atom stereocenters. The number of phenolic OH excluding ortho intramolecular Hbond substituents is 3. The Labute approximate surface area is 474 Å². The number of hydrogen-bond donors (Lipinski definition) is 3. The summed E-state index contributed by atoms with van der Waals surface area (Å²) in [5, 5.41) is 80.0. The van der Waals surface area contributed by atoms with E-state index >= 15 is 0 Å². The number of fused-ring (bicyclic) bond motifs is 6. The van der Waals surface area contributed by atoms with Crippen molar-refractivity contribution in [3.05, 3.63) is 218 Å². The van der Waals surface area contributed by atoms with Gasteiger partial charge in [-0.3, -0.25) is 0 Å². The van der Waals surface area contributed by atoms with E-state index in [4.69, 9.17) is 0 Å². The molecule has 0 amide bonds. The fourth-order valence-corrected chi connectivity index (χ4v) is 9.10. The summed E-state index contributed by atoms with van der Waals surface area (Å²) in [6, 6.07) is 67.3. The van der Waals surface area contributed by atoms with E-state index in [0.717, 1.165) is 64.6 Å². The predicted octanol–water partition coefficient (Wildman–Crippen LogP) is 4.33. The van der Waals surface area contributed by atoms with Crippen molar-refractivity contribution in [2.45, 2.75) is 0 Å². The van der Waals surface area contributed by atoms with Crippen LogP contribution in [0.25, 0.3) is 98.0 Å². The molecule has 12 aromatic rings. The summed E-state index contributed by atoms with van der Waals surface area (Å²) in [5.74, 6) is 0.160. The van der Waals surface area contributed by atoms with Gasteiger partial charge in [-0.15, -0.1) is 17.2 Å². The molecule has 12 rings (SSSR count). The van der Waals surface area contributed by atoms with Gasteiger partial charge in [0.15, 0.2) is 0 Å². The van der Waals surface area contributed by atoms with Crippen LogP contribution in [0.5, 0.6) is 34.5 Å². The maximum absolute atomic E-state index is 12.5. The van der Waals surface area contributed by atoms with E-state index < -0.39 is 0 Å². The first kappa shape index (κ1) is 53.5. The molecular formula is C60H39Li3O6Pr. The Bertz CT molecular complexity index is 3180. The van der Waals surface area contributed by atoms with Gasteiger partial charge in [0.2, 0.25) is 0 Å². The van der Waals surface area contributed by atoms with Gasteiger partial charge >= 0.3 is 56.6 Å². The SMILES string of the molecule is [Li+].[Li+].[Li+].[O-]c1ccc2ccccc2c1-c1c(O)ccc2ccccc12.[O-]c1ccc2ccccc2c1-c1c(O)ccc2ccccc12.[O-]c1ccc2ccccc2c1-c1c(O)ccc2ccccc12.[Pr]. The summed E-state index contributed by atoms with van der Waals surface area (Å²) in [4.78, 5) is 0. The van der Waals surface area contributed by atoms with E-state index in [1.165, 1.54) is 0 Å². The second kappa shape index (κ2) is 23.4. The van der Waals surface area contributed by atoms with Crippen molar-refractivity contribution in [1.82, 2.24) is 0 Å². The van der Waals surface area contributed by atoms with Crippen LogP contribution in [0, 0.1) is 41.3 Å². The molecule has 0 saturated heterocycles. The van der Waals surface area contributed by atoms with Gasteiger partial charge in [0.1, 0.15) is 17.2 Å². The zero-order valence-corrected chi connectivity index (χ0v) is 42.6. The van der Waals surface area contributed by atoms with Gasteiger partial charge in [-0.25, -0.2) is 0 Å². The number of phenols is 3. The number of aromatic hydroxyl groups is 3. The number of hydrogen-bond acceptors (Lipinski definition) is 6. The molecule has 0 spiro atoms. The Morgan fingerprint density at radius 3 is 0.600 bits per heavy atom. The molecule has 0 saturated carbocycles. The first-order chi connectivity index (χ1) is 32.3. The van der Waals surface area contributed by atoms with Crippen molar-refractivity contribution in [3.63, 3.8) is 0 Å². The van der Waals surface area contributed by atoms with Crippen LogP contribution >= 0.6 is 0 Å². The quantitative estimate of drug-likeness (QED) is 0.226. The number of rotatable bonds is 3. The van der Waals surface area contributed by atoms with Gasteiger partial charge in [-0.05, 0) is 99.5 Å². The Morgan fingerprint density at radius 1 is 0.214 bits per heavy atom. The predicted molar refractivity (Wildman–Crippen MR) is 264 cm³/mol. The van der Waals surface area contributed by atoms with Crippen molar-refractivity contribution in [2.24, 2.45) is 0 Å². The van der Waals surface area contributed by atoms with Crippen molar-refractivity contribution >= 4 is 64.6 Å². The molecule has 0 aromatic heterocycles. The molecule has 0 aliphatic rings. The molecule has 0 fully saturated rings. The van der Waals surface area contributed by atoms with E-state index in [1.54, 1.807) is 36.4 Å². The summed E-state index contributed by atoms with van der Waals surface area (Å²) in [7, 11) is 0. The van der Waals surface area contributed by atoms with E-state index in [2.05, 4.69) is 0 Å². The van der Waals surface area contributed by atoms with Crippen molar-refractivity contribution < 1.29 is 129 Å². The van der Waals surface area contributed by atoms with Crippen LogP contribution in [-0.2, 0) is 0 Å². The molecule has 0 atom stereocenters. The van der Waals surface area contributed by atoms with Crippen molar-refractivity contribution in [3.8, 4) is 67.9 Å². The first-order valence-electron chi connectivity index (χ1n) is 21.5. The summed E-state index contributed by atoms with van der Waals surface area (Å²) in [6.45, 7) is 0. The second-order valence-electron chi connectivity index (χ2n) is 16.0. The molecule has 321 valence electrons. The van der Waals surface area contributed by atoms with Gasteiger partial charge in [-0.1, -0.05) is 200 Å². The maximum Gasteiger partial charge on any atom is 1.00 e. The van der Waals surface area contributed by atoms with Gasteiger partial charge in [0.25, 0.3) is 0 Å². The van der Waals surface area contributed by atoms with E-state index in [-0.39, 0.29) is 132 Å². The Balaban J connectivity index is 0.000000167. The van der Waals surface area contributed by atoms with E-state index in [1.807, 2.05) is 182 Å². The molecule has 0 bridgehead atoms.